The monoisotopic (exact) mass is 414 g/mol. The lowest BCUT2D eigenvalue weighted by Gasteiger charge is -2.19. The molecular formula is C18H20Cl2N2O5. The van der Waals surface area contributed by atoms with E-state index in [1.165, 1.54) is 0 Å². The van der Waals surface area contributed by atoms with Crippen molar-refractivity contribution in [1.82, 2.24) is 4.98 Å². The second-order valence-corrected chi connectivity index (χ2v) is 7.75. The molecule has 2 aliphatic rings. The van der Waals surface area contributed by atoms with E-state index in [4.69, 9.17) is 27.9 Å². The normalized spacial score (nSPS) is 28.4. The molecule has 4 rings (SSSR count). The van der Waals surface area contributed by atoms with Gasteiger partial charge in [0.25, 0.3) is 0 Å². The third kappa shape index (κ3) is 2.93. The molecule has 0 amide bonds. The van der Waals surface area contributed by atoms with E-state index >= 15 is 0 Å². The average Bonchev–Trinajstić information content (AvgIpc) is 3.36. The Hall–Kier alpha value is -1.35. The summed E-state index contributed by atoms with van der Waals surface area (Å²) in [6.45, 7) is 1.21. The van der Waals surface area contributed by atoms with Crippen LogP contribution in [0.1, 0.15) is 34.9 Å². The zero-order valence-corrected chi connectivity index (χ0v) is 15.9. The predicted molar refractivity (Wildman–Crippen MR) is 102 cm³/mol. The van der Waals surface area contributed by atoms with Gasteiger partial charge in [-0.3, -0.25) is 4.79 Å². The number of anilines is 1. The van der Waals surface area contributed by atoms with Crippen molar-refractivity contribution in [2.24, 2.45) is 0 Å². The molecule has 0 unspecified atom stereocenters. The first-order chi connectivity index (χ1) is 13.0. The van der Waals surface area contributed by atoms with Gasteiger partial charge in [0.15, 0.2) is 6.29 Å². The smallest absolute Gasteiger partial charge is 0.154 e. The molecule has 2 saturated heterocycles. The summed E-state index contributed by atoms with van der Waals surface area (Å²) in [6, 6.07) is 1.64. The van der Waals surface area contributed by atoms with Gasteiger partial charge in [-0.1, -0.05) is 23.2 Å². The van der Waals surface area contributed by atoms with Crippen molar-refractivity contribution in [3.8, 4) is 0 Å². The average molecular weight is 415 g/mol. The first-order valence-electron chi connectivity index (χ1n) is 8.84. The first kappa shape index (κ1) is 19.0. The molecule has 0 saturated carbocycles. The summed E-state index contributed by atoms with van der Waals surface area (Å²) in [5, 5.41) is 30.9. The summed E-state index contributed by atoms with van der Waals surface area (Å²) in [5.41, 5.74) is 1.35. The van der Waals surface area contributed by atoms with Crippen molar-refractivity contribution < 1.29 is 24.9 Å². The molecule has 0 radical (unpaired) electrons. The first-order valence-corrected chi connectivity index (χ1v) is 9.59. The minimum atomic E-state index is -1.31. The third-order valence-electron chi connectivity index (χ3n) is 5.40. The summed E-state index contributed by atoms with van der Waals surface area (Å²) in [7, 11) is 0. The number of aliphatic hydroxyl groups is 3. The van der Waals surface area contributed by atoms with E-state index < -0.39 is 31.0 Å². The van der Waals surface area contributed by atoms with E-state index in [0.717, 1.165) is 32.2 Å². The SMILES string of the molecule is O=Cc1c(N2CCCC2)[nH]c2cc(Cl)c(Cl)c([C@@H]3O[C@H](CO)[C@@H](O)[C@H]3O)c12. The molecule has 7 nitrogen and oxygen atoms in total. The second kappa shape index (κ2) is 7.24. The maximum absolute atomic E-state index is 12.0. The zero-order chi connectivity index (χ0) is 19.3. The standard InChI is InChI=1S/C18H20Cl2N2O5/c19-9-5-10-12(8(6-23)18(21-10)22-3-1-2-4-22)13(14(9)20)17-16(26)15(25)11(7-24)27-17/h5-6,11,15-17,21,24-26H,1-4,7H2/t11-,15-,16-,17+/m1/s1. The van der Waals surface area contributed by atoms with Crippen LogP contribution in [-0.2, 0) is 4.74 Å². The molecule has 9 heteroatoms. The van der Waals surface area contributed by atoms with Gasteiger partial charge in [0.2, 0.25) is 0 Å². The highest BCUT2D eigenvalue weighted by Gasteiger charge is 2.45. The quantitative estimate of drug-likeness (QED) is 0.570. The van der Waals surface area contributed by atoms with Crippen molar-refractivity contribution in [2.75, 3.05) is 24.6 Å². The van der Waals surface area contributed by atoms with Crippen LogP contribution in [0.15, 0.2) is 6.07 Å². The van der Waals surface area contributed by atoms with Crippen molar-refractivity contribution in [2.45, 2.75) is 37.3 Å². The van der Waals surface area contributed by atoms with Gasteiger partial charge in [0.05, 0.1) is 22.2 Å². The molecular weight excluding hydrogens is 395 g/mol. The van der Waals surface area contributed by atoms with E-state index in [-0.39, 0.29) is 10.0 Å². The van der Waals surface area contributed by atoms with Crippen LogP contribution in [0.25, 0.3) is 10.9 Å². The summed E-state index contributed by atoms with van der Waals surface area (Å²) in [5.74, 6) is 0.684. The van der Waals surface area contributed by atoms with Crippen LogP contribution in [0.2, 0.25) is 10.0 Å². The number of aliphatic hydroxyl groups excluding tert-OH is 3. The molecule has 3 heterocycles. The number of hydrogen-bond donors (Lipinski definition) is 4. The van der Waals surface area contributed by atoms with Crippen LogP contribution in [0.5, 0.6) is 0 Å². The van der Waals surface area contributed by atoms with Crippen LogP contribution in [-0.4, -0.2) is 64.6 Å². The molecule has 4 atom stereocenters. The number of fused-ring (bicyclic) bond motifs is 1. The lowest BCUT2D eigenvalue weighted by Crippen LogP contribution is -2.32. The number of hydrogen-bond acceptors (Lipinski definition) is 6. The third-order valence-corrected chi connectivity index (χ3v) is 6.20. The fourth-order valence-electron chi connectivity index (χ4n) is 4.06. The highest BCUT2D eigenvalue weighted by atomic mass is 35.5. The highest BCUT2D eigenvalue weighted by Crippen LogP contribution is 2.46. The molecule has 2 aliphatic heterocycles. The number of ether oxygens (including phenoxy) is 1. The van der Waals surface area contributed by atoms with E-state index in [2.05, 4.69) is 9.88 Å². The number of carbonyl (C=O) groups excluding carboxylic acids is 1. The molecule has 27 heavy (non-hydrogen) atoms. The van der Waals surface area contributed by atoms with Gasteiger partial charge in [0.1, 0.15) is 30.2 Å². The van der Waals surface area contributed by atoms with Gasteiger partial charge >= 0.3 is 0 Å². The molecule has 0 bridgehead atoms. The summed E-state index contributed by atoms with van der Waals surface area (Å²) in [4.78, 5) is 17.3. The van der Waals surface area contributed by atoms with Crippen LogP contribution >= 0.6 is 23.2 Å². The zero-order valence-electron chi connectivity index (χ0n) is 14.4. The van der Waals surface area contributed by atoms with E-state index in [1.807, 2.05) is 0 Å². The number of aromatic nitrogens is 1. The molecule has 1 aromatic heterocycles. The number of halogens is 2. The summed E-state index contributed by atoms with van der Waals surface area (Å²) >= 11 is 12.7. The molecule has 0 spiro atoms. The lowest BCUT2D eigenvalue weighted by molar-refractivity contribution is -0.0223. The Bertz CT molecular complexity index is 880. The predicted octanol–water partition coefficient (Wildman–Crippen LogP) is 2.04. The molecule has 0 aliphatic carbocycles. The van der Waals surface area contributed by atoms with Gasteiger partial charge in [-0.25, -0.2) is 0 Å². The topological polar surface area (TPSA) is 106 Å². The Morgan fingerprint density at radius 3 is 2.56 bits per heavy atom. The van der Waals surface area contributed by atoms with Crippen molar-refractivity contribution in [3.05, 3.63) is 27.2 Å². The molecule has 2 aromatic rings. The van der Waals surface area contributed by atoms with Gasteiger partial charge in [-0.15, -0.1) is 0 Å². The number of aldehydes is 1. The van der Waals surface area contributed by atoms with Crippen molar-refractivity contribution in [3.63, 3.8) is 0 Å². The van der Waals surface area contributed by atoms with E-state index in [9.17, 15) is 20.1 Å². The Labute approximate surface area is 165 Å². The number of carbonyl (C=O) groups is 1. The fourth-order valence-corrected chi connectivity index (χ4v) is 4.53. The van der Waals surface area contributed by atoms with Gasteiger partial charge < -0.3 is 29.9 Å². The van der Waals surface area contributed by atoms with Gasteiger partial charge in [-0.2, -0.15) is 0 Å². The number of rotatable bonds is 4. The van der Waals surface area contributed by atoms with Crippen LogP contribution in [0.3, 0.4) is 0 Å². The lowest BCUT2D eigenvalue weighted by atomic mass is 9.96. The fraction of sp³-hybridized carbons (Fsp3) is 0.500. The highest BCUT2D eigenvalue weighted by molar-refractivity contribution is 6.43. The van der Waals surface area contributed by atoms with E-state index in [1.54, 1.807) is 6.07 Å². The van der Waals surface area contributed by atoms with E-state index in [0.29, 0.717) is 27.8 Å². The second-order valence-electron chi connectivity index (χ2n) is 6.97. The van der Waals surface area contributed by atoms with Crippen LogP contribution < -0.4 is 4.90 Å². The summed E-state index contributed by atoms with van der Waals surface area (Å²) < 4.78 is 5.66. The van der Waals surface area contributed by atoms with Crippen molar-refractivity contribution >= 4 is 46.2 Å². The number of aromatic amines is 1. The Kier molecular flexibility index (Phi) is 5.09. The minimum Gasteiger partial charge on any atom is -0.394 e. The van der Waals surface area contributed by atoms with Gasteiger partial charge in [0, 0.05) is 29.6 Å². The molecule has 146 valence electrons. The van der Waals surface area contributed by atoms with Crippen LogP contribution in [0.4, 0.5) is 5.82 Å². The number of H-pyrrole nitrogens is 1. The summed E-state index contributed by atoms with van der Waals surface area (Å²) in [6.07, 6.45) is -1.74. The maximum atomic E-state index is 12.0. The molecule has 2 fully saturated rings. The number of benzene rings is 1. The minimum absolute atomic E-state index is 0.147. The molecule has 1 aromatic carbocycles. The van der Waals surface area contributed by atoms with Crippen molar-refractivity contribution in [1.29, 1.82) is 0 Å². The van der Waals surface area contributed by atoms with Gasteiger partial charge in [-0.05, 0) is 18.9 Å². The molecule has 4 N–H and O–H groups in total. The number of nitrogens with zero attached hydrogens (tertiary/aromatic N) is 1. The Morgan fingerprint density at radius 2 is 1.96 bits per heavy atom. The Morgan fingerprint density at radius 1 is 1.26 bits per heavy atom. The largest absolute Gasteiger partial charge is 0.394 e. The maximum Gasteiger partial charge on any atom is 0.154 e. The Balaban J connectivity index is 1.94. The number of nitrogens with one attached hydrogen (secondary N) is 1. The van der Waals surface area contributed by atoms with Crippen LogP contribution in [0, 0.1) is 0 Å².